The number of aromatic nitrogens is 2. The fourth-order valence-corrected chi connectivity index (χ4v) is 3.56. The quantitative estimate of drug-likeness (QED) is 0.878. The first-order valence-corrected chi connectivity index (χ1v) is 9.49. The highest BCUT2D eigenvalue weighted by Crippen LogP contribution is 2.21. The lowest BCUT2D eigenvalue weighted by Gasteiger charge is -2.33. The third kappa shape index (κ3) is 4.96. The van der Waals surface area contributed by atoms with Gasteiger partial charge >= 0.3 is 0 Å². The Morgan fingerprint density at radius 2 is 1.85 bits per heavy atom. The Bertz CT molecular complexity index is 781. The van der Waals surface area contributed by atoms with E-state index in [9.17, 15) is 4.79 Å². The molecule has 2 aromatic rings. The van der Waals surface area contributed by atoms with E-state index in [0.717, 1.165) is 48.6 Å². The van der Waals surface area contributed by atoms with Gasteiger partial charge in [-0.1, -0.05) is 17.7 Å². The number of carbonyl (C=O) groups is 1. The summed E-state index contributed by atoms with van der Waals surface area (Å²) in [7, 11) is 0. The number of hydrogen-bond acceptors (Lipinski definition) is 5. The number of nitrogen functional groups attached to an aromatic ring is 1. The fraction of sp³-hybridized carbons (Fsp3) is 0.476. The van der Waals surface area contributed by atoms with Gasteiger partial charge in [0.1, 0.15) is 5.75 Å². The zero-order chi connectivity index (χ0) is 19.4. The Hall–Kier alpha value is -2.63. The van der Waals surface area contributed by atoms with E-state index in [1.54, 1.807) is 0 Å². The van der Waals surface area contributed by atoms with Gasteiger partial charge in [0.25, 0.3) is 0 Å². The zero-order valence-electron chi connectivity index (χ0n) is 16.4. The van der Waals surface area contributed by atoms with E-state index < -0.39 is 0 Å². The van der Waals surface area contributed by atoms with E-state index in [4.69, 9.17) is 10.5 Å². The number of likely N-dealkylation sites (tertiary alicyclic amines) is 1. The largest absolute Gasteiger partial charge is 0.493 e. The molecular weight excluding hydrogens is 340 g/mol. The van der Waals surface area contributed by atoms with E-state index in [1.807, 2.05) is 43.0 Å². The average molecular weight is 368 g/mol. The van der Waals surface area contributed by atoms with Crippen LogP contribution in [-0.4, -0.2) is 40.5 Å². The highest BCUT2D eigenvalue weighted by molar-refractivity contribution is 5.79. The van der Waals surface area contributed by atoms with Crippen LogP contribution in [0.3, 0.4) is 0 Å². The summed E-state index contributed by atoms with van der Waals surface area (Å²) in [5.74, 6) is 1.62. The van der Waals surface area contributed by atoms with Crippen molar-refractivity contribution in [3.63, 3.8) is 0 Å². The van der Waals surface area contributed by atoms with Crippen LogP contribution < -0.4 is 10.5 Å². The number of aryl methyl sites for hydroxylation is 3. The predicted molar refractivity (Wildman–Crippen MR) is 106 cm³/mol. The summed E-state index contributed by atoms with van der Waals surface area (Å²) in [5.41, 5.74) is 9.34. The van der Waals surface area contributed by atoms with Crippen LogP contribution in [-0.2, 0) is 11.2 Å². The highest BCUT2D eigenvalue weighted by atomic mass is 16.5. The number of hydrogen-bond donors (Lipinski definition) is 1. The van der Waals surface area contributed by atoms with Gasteiger partial charge in [-0.05, 0) is 45.7 Å². The van der Waals surface area contributed by atoms with Gasteiger partial charge in [-0.3, -0.25) is 4.79 Å². The van der Waals surface area contributed by atoms with Crippen LogP contribution in [0.25, 0.3) is 0 Å². The summed E-state index contributed by atoms with van der Waals surface area (Å²) < 4.78 is 5.93. The number of ether oxygens (including phenoxy) is 1. The number of rotatable bonds is 5. The molecule has 2 N–H and O–H groups in total. The molecule has 1 saturated heterocycles. The molecule has 0 spiro atoms. The second-order valence-electron chi connectivity index (χ2n) is 7.38. The smallest absolute Gasteiger partial charge is 0.227 e. The van der Waals surface area contributed by atoms with Gasteiger partial charge in [0.15, 0.2) is 0 Å². The normalized spacial score (nSPS) is 17.0. The van der Waals surface area contributed by atoms with Crippen LogP contribution in [0, 0.1) is 26.7 Å². The summed E-state index contributed by atoms with van der Waals surface area (Å²) in [5, 5.41) is 0. The zero-order valence-corrected chi connectivity index (χ0v) is 16.4. The maximum Gasteiger partial charge on any atom is 0.227 e. The van der Waals surface area contributed by atoms with E-state index in [0.29, 0.717) is 18.9 Å². The molecule has 1 aromatic heterocycles. The number of carbonyl (C=O) groups excluding carboxylic acids is 1. The molecule has 1 aliphatic heterocycles. The molecule has 2 heterocycles. The molecule has 0 radical (unpaired) electrons. The second-order valence-corrected chi connectivity index (χ2v) is 7.38. The Morgan fingerprint density at radius 3 is 2.52 bits per heavy atom. The minimum Gasteiger partial charge on any atom is -0.493 e. The van der Waals surface area contributed by atoms with Crippen molar-refractivity contribution in [2.75, 3.05) is 25.4 Å². The topological polar surface area (TPSA) is 81.3 Å². The molecule has 0 bridgehead atoms. The molecule has 0 saturated carbocycles. The molecule has 0 aliphatic carbocycles. The number of nitrogens with two attached hydrogens (primary N) is 1. The predicted octanol–water partition coefficient (Wildman–Crippen LogP) is 2.84. The van der Waals surface area contributed by atoms with Crippen molar-refractivity contribution in [3.8, 4) is 5.75 Å². The second kappa shape index (κ2) is 8.37. The Labute approximate surface area is 160 Å². The summed E-state index contributed by atoms with van der Waals surface area (Å²) >= 11 is 0. The van der Waals surface area contributed by atoms with Crippen LogP contribution in [0.4, 0.5) is 5.95 Å². The van der Waals surface area contributed by atoms with Gasteiger partial charge in [0.2, 0.25) is 11.9 Å². The van der Waals surface area contributed by atoms with Crippen molar-refractivity contribution in [2.45, 2.75) is 40.0 Å². The first-order chi connectivity index (χ1) is 12.9. The molecule has 1 aliphatic rings. The van der Waals surface area contributed by atoms with Crippen molar-refractivity contribution < 1.29 is 9.53 Å². The molecule has 1 unspecified atom stereocenters. The fourth-order valence-electron chi connectivity index (χ4n) is 3.56. The van der Waals surface area contributed by atoms with Crippen LogP contribution in [0.5, 0.6) is 5.75 Å². The summed E-state index contributed by atoms with van der Waals surface area (Å²) in [6.45, 7) is 7.98. The van der Waals surface area contributed by atoms with E-state index in [-0.39, 0.29) is 11.9 Å². The molecule has 1 fully saturated rings. The van der Waals surface area contributed by atoms with Crippen molar-refractivity contribution >= 4 is 11.9 Å². The van der Waals surface area contributed by atoms with Crippen molar-refractivity contribution in [3.05, 3.63) is 46.8 Å². The van der Waals surface area contributed by atoms with Crippen LogP contribution in [0.1, 0.15) is 35.4 Å². The number of nitrogens with zero attached hydrogens (tertiary/aromatic N) is 3. The van der Waals surface area contributed by atoms with Crippen LogP contribution in [0.2, 0.25) is 0 Å². The van der Waals surface area contributed by atoms with Gasteiger partial charge in [0.05, 0.1) is 13.0 Å². The van der Waals surface area contributed by atoms with Crippen molar-refractivity contribution in [1.82, 2.24) is 14.9 Å². The lowest BCUT2D eigenvalue weighted by molar-refractivity contribution is -0.132. The highest BCUT2D eigenvalue weighted by Gasteiger charge is 2.25. The number of piperidine rings is 1. The standard InChI is InChI=1S/C21H28N4O2/c1-14-6-8-18(9-7-14)27-13-17-5-4-10-25(12-17)20(26)11-19-15(2)23-21(22)24-16(19)3/h6-9,17H,4-5,10-13H2,1-3H3,(H2,22,23,24). The summed E-state index contributed by atoms with van der Waals surface area (Å²) in [6, 6.07) is 8.08. The average Bonchev–Trinajstić information content (AvgIpc) is 2.64. The first-order valence-electron chi connectivity index (χ1n) is 9.49. The molecule has 144 valence electrons. The Balaban J connectivity index is 1.57. The third-order valence-electron chi connectivity index (χ3n) is 5.14. The number of benzene rings is 1. The van der Waals surface area contributed by atoms with Gasteiger partial charge in [-0.25, -0.2) is 9.97 Å². The Kier molecular flexibility index (Phi) is 5.94. The summed E-state index contributed by atoms with van der Waals surface area (Å²) in [4.78, 5) is 23.1. The molecule has 1 aromatic carbocycles. The maximum absolute atomic E-state index is 12.8. The monoisotopic (exact) mass is 368 g/mol. The molecular formula is C21H28N4O2. The van der Waals surface area contributed by atoms with Crippen LogP contribution in [0.15, 0.2) is 24.3 Å². The lowest BCUT2D eigenvalue weighted by Crippen LogP contribution is -2.42. The van der Waals surface area contributed by atoms with E-state index in [1.165, 1.54) is 5.56 Å². The molecule has 1 amide bonds. The number of anilines is 1. The molecule has 1 atom stereocenters. The Morgan fingerprint density at radius 1 is 1.19 bits per heavy atom. The molecule has 6 heteroatoms. The van der Waals surface area contributed by atoms with Gasteiger partial charge < -0.3 is 15.4 Å². The van der Waals surface area contributed by atoms with Crippen LogP contribution >= 0.6 is 0 Å². The maximum atomic E-state index is 12.8. The molecule has 27 heavy (non-hydrogen) atoms. The van der Waals surface area contributed by atoms with Crippen molar-refractivity contribution in [1.29, 1.82) is 0 Å². The summed E-state index contributed by atoms with van der Waals surface area (Å²) in [6.07, 6.45) is 2.41. The third-order valence-corrected chi connectivity index (χ3v) is 5.14. The van der Waals surface area contributed by atoms with Gasteiger partial charge in [-0.15, -0.1) is 0 Å². The SMILES string of the molecule is Cc1ccc(OCC2CCCN(C(=O)Cc3c(C)nc(N)nc3C)C2)cc1. The number of amides is 1. The van der Waals surface area contributed by atoms with Gasteiger partial charge in [0, 0.05) is 36.0 Å². The first kappa shape index (κ1) is 19.1. The minimum atomic E-state index is 0.120. The lowest BCUT2D eigenvalue weighted by atomic mass is 9.98. The molecule has 6 nitrogen and oxygen atoms in total. The van der Waals surface area contributed by atoms with E-state index in [2.05, 4.69) is 16.9 Å². The van der Waals surface area contributed by atoms with Gasteiger partial charge in [-0.2, -0.15) is 0 Å². The van der Waals surface area contributed by atoms with E-state index >= 15 is 0 Å². The van der Waals surface area contributed by atoms with Crippen molar-refractivity contribution in [2.24, 2.45) is 5.92 Å². The minimum absolute atomic E-state index is 0.120. The molecule has 3 rings (SSSR count).